The minimum atomic E-state index is -3.15. The summed E-state index contributed by atoms with van der Waals surface area (Å²) in [6.45, 7) is 2.00. The Balaban J connectivity index is 2.03. The van der Waals surface area contributed by atoms with Crippen LogP contribution in [0.15, 0.2) is 24.3 Å². The molecular formula is C15H24N2O3S. The number of aliphatic hydroxyl groups excluding tert-OH is 1. The maximum Gasteiger partial charge on any atom is 0.208 e. The fourth-order valence-electron chi connectivity index (χ4n) is 2.99. The van der Waals surface area contributed by atoms with Crippen molar-refractivity contribution in [2.75, 3.05) is 32.5 Å². The molecule has 0 unspecified atom stereocenters. The molecule has 0 aliphatic heterocycles. The molecule has 118 valence electrons. The molecule has 1 aromatic rings. The average molecular weight is 312 g/mol. The van der Waals surface area contributed by atoms with Crippen molar-refractivity contribution in [3.05, 3.63) is 35.4 Å². The first kappa shape index (κ1) is 16.4. The lowest BCUT2D eigenvalue weighted by atomic mass is 10.1. The van der Waals surface area contributed by atoms with Crippen LogP contribution >= 0.6 is 0 Å². The highest BCUT2D eigenvalue weighted by molar-refractivity contribution is 7.88. The first-order valence-electron chi connectivity index (χ1n) is 7.38. The number of aryl methyl sites for hydroxylation is 1. The number of hydrogen-bond donors (Lipinski definition) is 2. The van der Waals surface area contributed by atoms with Crippen molar-refractivity contribution in [3.63, 3.8) is 0 Å². The van der Waals surface area contributed by atoms with Gasteiger partial charge in [0.1, 0.15) is 0 Å². The van der Waals surface area contributed by atoms with Gasteiger partial charge in [-0.3, -0.25) is 4.90 Å². The van der Waals surface area contributed by atoms with Gasteiger partial charge in [-0.25, -0.2) is 13.1 Å². The monoisotopic (exact) mass is 312 g/mol. The number of sulfonamides is 1. The summed E-state index contributed by atoms with van der Waals surface area (Å²) in [6.07, 6.45) is 4.01. The Morgan fingerprint density at radius 2 is 2.10 bits per heavy atom. The number of benzene rings is 1. The van der Waals surface area contributed by atoms with E-state index in [1.54, 1.807) is 0 Å². The molecule has 0 saturated carbocycles. The molecule has 6 heteroatoms. The fourth-order valence-corrected chi connectivity index (χ4v) is 3.45. The Kier molecular flexibility index (Phi) is 5.75. The summed E-state index contributed by atoms with van der Waals surface area (Å²) < 4.78 is 24.9. The SMILES string of the molecule is CS(=O)(=O)NCCN(CCCO)[C@H]1CCc2ccccc21. The summed E-state index contributed by atoms with van der Waals surface area (Å²) in [7, 11) is -3.15. The van der Waals surface area contributed by atoms with E-state index in [1.807, 2.05) is 0 Å². The van der Waals surface area contributed by atoms with E-state index >= 15 is 0 Å². The van der Waals surface area contributed by atoms with Crippen LogP contribution in [-0.2, 0) is 16.4 Å². The Morgan fingerprint density at radius 3 is 2.81 bits per heavy atom. The maximum absolute atomic E-state index is 11.2. The van der Waals surface area contributed by atoms with Crippen LogP contribution in [0.5, 0.6) is 0 Å². The Hall–Kier alpha value is -0.950. The van der Waals surface area contributed by atoms with Crippen molar-refractivity contribution in [2.24, 2.45) is 0 Å². The van der Waals surface area contributed by atoms with Crippen molar-refractivity contribution < 1.29 is 13.5 Å². The maximum atomic E-state index is 11.2. The molecular weight excluding hydrogens is 288 g/mol. The number of nitrogens with zero attached hydrogens (tertiary/aromatic N) is 1. The first-order valence-corrected chi connectivity index (χ1v) is 9.28. The highest BCUT2D eigenvalue weighted by Crippen LogP contribution is 2.35. The standard InChI is InChI=1S/C15H24N2O3S/c1-21(19,20)16-9-11-17(10-4-12-18)15-8-7-13-5-2-3-6-14(13)15/h2-3,5-6,15-16,18H,4,7-12H2,1H3/t15-/m0/s1. The van der Waals surface area contributed by atoms with Gasteiger partial charge in [-0.15, -0.1) is 0 Å². The number of fused-ring (bicyclic) bond motifs is 1. The summed E-state index contributed by atoms with van der Waals surface area (Å²) in [4.78, 5) is 2.28. The summed E-state index contributed by atoms with van der Waals surface area (Å²) in [6, 6.07) is 8.76. The van der Waals surface area contributed by atoms with E-state index in [0.717, 1.165) is 19.4 Å². The zero-order valence-corrected chi connectivity index (χ0v) is 13.3. The van der Waals surface area contributed by atoms with Gasteiger partial charge in [-0.1, -0.05) is 24.3 Å². The molecule has 0 amide bonds. The molecule has 1 aliphatic carbocycles. The average Bonchev–Trinajstić information content (AvgIpc) is 2.85. The smallest absolute Gasteiger partial charge is 0.208 e. The largest absolute Gasteiger partial charge is 0.396 e. The van der Waals surface area contributed by atoms with Crippen LogP contribution in [0.1, 0.15) is 30.0 Å². The van der Waals surface area contributed by atoms with Crippen molar-refractivity contribution in [1.29, 1.82) is 0 Å². The van der Waals surface area contributed by atoms with Crippen LogP contribution < -0.4 is 4.72 Å². The highest BCUT2D eigenvalue weighted by Gasteiger charge is 2.27. The van der Waals surface area contributed by atoms with Crippen LogP contribution in [0, 0.1) is 0 Å². The van der Waals surface area contributed by atoms with Gasteiger partial charge in [0.15, 0.2) is 0 Å². The van der Waals surface area contributed by atoms with Gasteiger partial charge in [0.05, 0.1) is 6.26 Å². The van der Waals surface area contributed by atoms with Crippen LogP contribution in [0.3, 0.4) is 0 Å². The minimum Gasteiger partial charge on any atom is -0.396 e. The predicted octanol–water partition coefficient (Wildman–Crippen LogP) is 0.907. The summed E-state index contributed by atoms with van der Waals surface area (Å²) >= 11 is 0. The zero-order chi connectivity index (χ0) is 15.3. The molecule has 0 fully saturated rings. The molecule has 1 aliphatic rings. The molecule has 2 N–H and O–H groups in total. The highest BCUT2D eigenvalue weighted by atomic mass is 32.2. The van der Waals surface area contributed by atoms with E-state index in [0.29, 0.717) is 25.6 Å². The molecule has 0 spiro atoms. The Morgan fingerprint density at radius 1 is 1.33 bits per heavy atom. The lowest BCUT2D eigenvalue weighted by Crippen LogP contribution is -2.37. The second kappa shape index (κ2) is 7.35. The summed E-state index contributed by atoms with van der Waals surface area (Å²) in [5, 5.41) is 9.07. The minimum absolute atomic E-state index is 0.157. The lowest BCUT2D eigenvalue weighted by Gasteiger charge is -2.29. The van der Waals surface area contributed by atoms with E-state index in [4.69, 9.17) is 5.11 Å². The number of nitrogens with one attached hydrogen (secondary N) is 1. The van der Waals surface area contributed by atoms with Gasteiger partial charge < -0.3 is 5.11 Å². The van der Waals surface area contributed by atoms with Gasteiger partial charge >= 0.3 is 0 Å². The van der Waals surface area contributed by atoms with E-state index in [9.17, 15) is 8.42 Å². The summed E-state index contributed by atoms with van der Waals surface area (Å²) in [5.74, 6) is 0. The first-order chi connectivity index (χ1) is 10.0. The van der Waals surface area contributed by atoms with Crippen LogP contribution in [0.25, 0.3) is 0 Å². The van der Waals surface area contributed by atoms with Crippen LogP contribution in [0.4, 0.5) is 0 Å². The number of hydrogen-bond acceptors (Lipinski definition) is 4. The van der Waals surface area contributed by atoms with Gasteiger partial charge in [0, 0.05) is 32.3 Å². The molecule has 0 radical (unpaired) electrons. The van der Waals surface area contributed by atoms with Gasteiger partial charge in [-0.2, -0.15) is 0 Å². The van der Waals surface area contributed by atoms with Crippen molar-refractivity contribution in [2.45, 2.75) is 25.3 Å². The molecule has 1 atom stereocenters. The quantitative estimate of drug-likeness (QED) is 0.748. The molecule has 1 aromatic carbocycles. The van der Waals surface area contributed by atoms with Crippen molar-refractivity contribution >= 4 is 10.0 Å². The Labute approximate surface area is 127 Å². The molecule has 0 bridgehead atoms. The summed E-state index contributed by atoms with van der Waals surface area (Å²) in [5.41, 5.74) is 2.72. The topological polar surface area (TPSA) is 69.6 Å². The van der Waals surface area contributed by atoms with E-state index in [1.165, 1.54) is 17.4 Å². The van der Waals surface area contributed by atoms with Crippen molar-refractivity contribution in [3.8, 4) is 0 Å². The van der Waals surface area contributed by atoms with Crippen molar-refractivity contribution in [1.82, 2.24) is 9.62 Å². The zero-order valence-electron chi connectivity index (χ0n) is 12.5. The van der Waals surface area contributed by atoms with E-state index in [2.05, 4.69) is 33.9 Å². The molecule has 0 heterocycles. The van der Waals surface area contributed by atoms with E-state index in [-0.39, 0.29) is 6.61 Å². The molecule has 21 heavy (non-hydrogen) atoms. The number of rotatable bonds is 8. The third-order valence-corrected chi connectivity index (χ3v) is 4.64. The number of aliphatic hydroxyl groups is 1. The third kappa shape index (κ3) is 4.78. The van der Waals surface area contributed by atoms with Crippen LogP contribution in [-0.4, -0.2) is 50.9 Å². The lowest BCUT2D eigenvalue weighted by molar-refractivity contribution is 0.176. The molecule has 5 nitrogen and oxygen atoms in total. The van der Waals surface area contributed by atoms with Gasteiger partial charge in [0.25, 0.3) is 0 Å². The Bertz CT molecular complexity index is 560. The normalized spacial score (nSPS) is 18.1. The fraction of sp³-hybridized carbons (Fsp3) is 0.600. The molecule has 0 saturated heterocycles. The second-order valence-electron chi connectivity index (χ2n) is 5.53. The third-order valence-electron chi connectivity index (χ3n) is 3.91. The van der Waals surface area contributed by atoms with E-state index < -0.39 is 10.0 Å². The molecule has 0 aromatic heterocycles. The van der Waals surface area contributed by atoms with Crippen LogP contribution in [0.2, 0.25) is 0 Å². The van der Waals surface area contributed by atoms with Gasteiger partial charge in [0.2, 0.25) is 10.0 Å². The van der Waals surface area contributed by atoms with Gasteiger partial charge in [-0.05, 0) is 30.4 Å². The molecule has 2 rings (SSSR count). The second-order valence-corrected chi connectivity index (χ2v) is 7.37. The predicted molar refractivity (Wildman–Crippen MR) is 83.6 cm³/mol.